The minimum atomic E-state index is -3.47. The number of sulfonamides is 1. The Hall–Kier alpha value is 0.0500. The Morgan fingerprint density at radius 1 is 1.40 bits per heavy atom. The standard InChI is InChI=1S/C13H23BrN2O2S2/c1-6-13(3,4)16(5)20(17,18)11-8-10(9-15-7-2)19-12(11)14/h8,15H,6-7,9H2,1-5H3. The molecule has 1 rings (SSSR count). The first-order valence-electron chi connectivity index (χ1n) is 6.64. The fraction of sp³-hybridized carbons (Fsp3) is 0.692. The van der Waals surface area contributed by atoms with E-state index in [1.807, 2.05) is 27.7 Å². The van der Waals surface area contributed by atoms with Crippen LogP contribution in [0.3, 0.4) is 0 Å². The van der Waals surface area contributed by atoms with Crippen LogP contribution in [0.15, 0.2) is 14.7 Å². The topological polar surface area (TPSA) is 49.4 Å². The van der Waals surface area contributed by atoms with E-state index in [1.54, 1.807) is 13.1 Å². The normalized spacial score (nSPS) is 13.2. The van der Waals surface area contributed by atoms with E-state index in [4.69, 9.17) is 0 Å². The Morgan fingerprint density at radius 3 is 2.50 bits per heavy atom. The highest BCUT2D eigenvalue weighted by Gasteiger charge is 2.34. The Morgan fingerprint density at radius 2 is 2.00 bits per heavy atom. The van der Waals surface area contributed by atoms with E-state index >= 15 is 0 Å². The summed E-state index contributed by atoms with van der Waals surface area (Å²) in [6.07, 6.45) is 0.759. The SMILES string of the molecule is CCNCc1cc(S(=O)(=O)N(C)C(C)(C)CC)c(Br)s1. The molecule has 0 fully saturated rings. The molecule has 7 heteroatoms. The van der Waals surface area contributed by atoms with E-state index in [9.17, 15) is 8.42 Å². The summed E-state index contributed by atoms with van der Waals surface area (Å²) < 4.78 is 27.6. The van der Waals surface area contributed by atoms with Gasteiger partial charge in [0.05, 0.1) is 3.79 Å². The van der Waals surface area contributed by atoms with Gasteiger partial charge in [-0.1, -0.05) is 13.8 Å². The molecule has 0 spiro atoms. The monoisotopic (exact) mass is 382 g/mol. The van der Waals surface area contributed by atoms with Crippen LogP contribution < -0.4 is 5.32 Å². The summed E-state index contributed by atoms with van der Waals surface area (Å²) in [7, 11) is -1.83. The van der Waals surface area contributed by atoms with Gasteiger partial charge in [0.2, 0.25) is 10.0 Å². The van der Waals surface area contributed by atoms with Crippen LogP contribution >= 0.6 is 27.3 Å². The molecule has 1 heterocycles. The van der Waals surface area contributed by atoms with E-state index in [0.717, 1.165) is 17.8 Å². The van der Waals surface area contributed by atoms with Gasteiger partial charge in [0.15, 0.2) is 0 Å². The fourth-order valence-corrected chi connectivity index (χ4v) is 5.78. The van der Waals surface area contributed by atoms with E-state index < -0.39 is 15.6 Å². The molecule has 4 nitrogen and oxygen atoms in total. The molecule has 0 aliphatic carbocycles. The van der Waals surface area contributed by atoms with E-state index in [0.29, 0.717) is 15.2 Å². The van der Waals surface area contributed by atoms with Crippen molar-refractivity contribution in [3.63, 3.8) is 0 Å². The maximum atomic E-state index is 12.7. The largest absolute Gasteiger partial charge is 0.312 e. The van der Waals surface area contributed by atoms with E-state index in [1.165, 1.54) is 15.6 Å². The molecular formula is C13H23BrN2O2S2. The van der Waals surface area contributed by atoms with Gasteiger partial charge in [0.1, 0.15) is 4.90 Å². The zero-order valence-electron chi connectivity index (χ0n) is 12.7. The van der Waals surface area contributed by atoms with Crippen LogP contribution in [0.2, 0.25) is 0 Å². The number of rotatable bonds is 7. The highest BCUT2D eigenvalue weighted by molar-refractivity contribution is 9.11. The molecule has 0 amide bonds. The smallest absolute Gasteiger partial charge is 0.245 e. The molecule has 20 heavy (non-hydrogen) atoms. The van der Waals surface area contributed by atoms with Gasteiger partial charge >= 0.3 is 0 Å². The maximum absolute atomic E-state index is 12.7. The van der Waals surface area contributed by atoms with Crippen LogP contribution in [-0.2, 0) is 16.6 Å². The molecule has 0 saturated carbocycles. The Labute approximate surface area is 134 Å². The van der Waals surface area contributed by atoms with Gasteiger partial charge < -0.3 is 5.32 Å². The average molecular weight is 383 g/mol. The Kier molecular flexibility index (Phi) is 6.22. The lowest BCUT2D eigenvalue weighted by atomic mass is 10.0. The van der Waals surface area contributed by atoms with Crippen molar-refractivity contribution in [1.82, 2.24) is 9.62 Å². The second kappa shape index (κ2) is 6.87. The number of nitrogens with one attached hydrogen (secondary N) is 1. The molecule has 0 atom stereocenters. The Bertz CT molecular complexity index is 553. The molecule has 1 N–H and O–H groups in total. The number of hydrogen-bond donors (Lipinski definition) is 1. The minimum absolute atomic E-state index is 0.361. The first-order valence-corrected chi connectivity index (χ1v) is 9.69. The number of halogens is 1. The first-order chi connectivity index (χ1) is 9.16. The lowest BCUT2D eigenvalue weighted by Gasteiger charge is -2.33. The third-order valence-electron chi connectivity index (χ3n) is 3.61. The van der Waals surface area contributed by atoms with Crippen LogP contribution in [-0.4, -0.2) is 31.9 Å². The molecule has 0 bridgehead atoms. The molecule has 1 aromatic heterocycles. The maximum Gasteiger partial charge on any atom is 0.245 e. The summed E-state index contributed by atoms with van der Waals surface area (Å²) in [5.41, 5.74) is -0.401. The van der Waals surface area contributed by atoms with Crippen molar-refractivity contribution in [2.75, 3.05) is 13.6 Å². The third-order valence-corrected chi connectivity index (χ3v) is 7.93. The highest BCUT2D eigenvalue weighted by atomic mass is 79.9. The van der Waals surface area contributed by atoms with Crippen LogP contribution in [0.25, 0.3) is 0 Å². The third kappa shape index (κ3) is 3.82. The van der Waals surface area contributed by atoms with Crippen LogP contribution in [0.4, 0.5) is 0 Å². The quantitative estimate of drug-likeness (QED) is 0.785. The van der Waals surface area contributed by atoms with E-state index in [-0.39, 0.29) is 0 Å². The van der Waals surface area contributed by atoms with Gasteiger partial charge in [-0.3, -0.25) is 0 Å². The van der Waals surface area contributed by atoms with Crippen LogP contribution in [0, 0.1) is 0 Å². The summed E-state index contributed by atoms with van der Waals surface area (Å²) in [6.45, 7) is 9.44. The summed E-state index contributed by atoms with van der Waals surface area (Å²) in [6, 6.07) is 1.76. The highest BCUT2D eigenvalue weighted by Crippen LogP contribution is 2.35. The molecule has 0 aromatic carbocycles. The first kappa shape index (κ1) is 18.1. The summed E-state index contributed by atoms with van der Waals surface area (Å²) >= 11 is 4.85. The molecule has 0 unspecified atom stereocenters. The Balaban J connectivity index is 3.13. The van der Waals surface area contributed by atoms with Crippen molar-refractivity contribution >= 4 is 37.3 Å². The van der Waals surface area contributed by atoms with Gasteiger partial charge in [-0.2, -0.15) is 4.31 Å². The van der Waals surface area contributed by atoms with Gasteiger partial charge in [0, 0.05) is 24.0 Å². The number of thiophene rings is 1. The molecule has 0 saturated heterocycles. The molecular weight excluding hydrogens is 360 g/mol. The number of hydrogen-bond acceptors (Lipinski definition) is 4. The zero-order valence-corrected chi connectivity index (χ0v) is 15.9. The summed E-state index contributed by atoms with van der Waals surface area (Å²) in [5, 5.41) is 3.21. The fourth-order valence-electron chi connectivity index (χ4n) is 1.60. The zero-order chi connectivity index (χ0) is 15.6. The predicted octanol–water partition coefficient (Wildman–Crippen LogP) is 3.43. The van der Waals surface area contributed by atoms with Gasteiger partial charge in [-0.05, 0) is 48.8 Å². The molecule has 0 aliphatic rings. The molecule has 0 aliphatic heterocycles. The van der Waals surface area contributed by atoms with Crippen LogP contribution in [0.5, 0.6) is 0 Å². The van der Waals surface area contributed by atoms with Crippen molar-refractivity contribution in [2.24, 2.45) is 0 Å². The molecule has 116 valence electrons. The van der Waals surface area contributed by atoms with Crippen molar-refractivity contribution in [2.45, 2.75) is 51.1 Å². The van der Waals surface area contributed by atoms with Crippen molar-refractivity contribution in [3.05, 3.63) is 14.7 Å². The average Bonchev–Trinajstić information content (AvgIpc) is 2.77. The van der Waals surface area contributed by atoms with Gasteiger partial charge in [-0.15, -0.1) is 11.3 Å². The van der Waals surface area contributed by atoms with Gasteiger partial charge in [0.25, 0.3) is 0 Å². The summed E-state index contributed by atoms with van der Waals surface area (Å²) in [5.74, 6) is 0. The predicted molar refractivity (Wildman–Crippen MR) is 88.7 cm³/mol. The number of nitrogens with zero attached hydrogens (tertiary/aromatic N) is 1. The lowest BCUT2D eigenvalue weighted by Crippen LogP contribution is -2.44. The molecule has 1 aromatic rings. The van der Waals surface area contributed by atoms with Gasteiger partial charge in [-0.25, -0.2) is 8.42 Å². The van der Waals surface area contributed by atoms with E-state index in [2.05, 4.69) is 21.2 Å². The van der Waals surface area contributed by atoms with Crippen LogP contribution in [0.1, 0.15) is 39.0 Å². The minimum Gasteiger partial charge on any atom is -0.312 e. The van der Waals surface area contributed by atoms with Crippen molar-refractivity contribution in [1.29, 1.82) is 0 Å². The lowest BCUT2D eigenvalue weighted by molar-refractivity contribution is 0.257. The van der Waals surface area contributed by atoms with Crippen molar-refractivity contribution < 1.29 is 8.42 Å². The molecule has 0 radical (unpaired) electrons. The second-order valence-electron chi connectivity index (χ2n) is 5.27. The second-order valence-corrected chi connectivity index (χ2v) is 9.66. The summed E-state index contributed by atoms with van der Waals surface area (Å²) in [4.78, 5) is 1.37. The van der Waals surface area contributed by atoms with Crippen molar-refractivity contribution in [3.8, 4) is 0 Å².